The minimum atomic E-state index is 0.280. The molecule has 2 rings (SSSR count). The molecule has 0 bridgehead atoms. The van der Waals surface area contributed by atoms with Crippen LogP contribution in [0.25, 0.3) is 0 Å². The summed E-state index contributed by atoms with van der Waals surface area (Å²) in [5.74, 6) is 1.64. The van der Waals surface area contributed by atoms with Crippen LogP contribution in [0.15, 0.2) is 0 Å². The fourth-order valence-electron chi connectivity index (χ4n) is 2.03. The zero-order valence-electron chi connectivity index (χ0n) is 10.7. The second kappa shape index (κ2) is 7.09. The molecular formula is C12H19N3OS2. The van der Waals surface area contributed by atoms with E-state index in [1.165, 1.54) is 24.6 Å². The zero-order valence-corrected chi connectivity index (χ0v) is 12.4. The molecule has 1 aromatic heterocycles. The number of likely N-dealkylation sites (tertiary alicyclic amines) is 1. The number of nitrogens with zero attached hydrogens (tertiary/aromatic N) is 3. The molecule has 0 N–H and O–H groups in total. The van der Waals surface area contributed by atoms with Crippen molar-refractivity contribution in [2.75, 3.05) is 18.8 Å². The lowest BCUT2D eigenvalue weighted by molar-refractivity contribution is -0.128. The number of hydrogen-bond donors (Lipinski definition) is 0. The number of amides is 1. The maximum Gasteiger partial charge on any atom is 0.232 e. The summed E-state index contributed by atoms with van der Waals surface area (Å²) < 4.78 is 8.36. The van der Waals surface area contributed by atoms with E-state index in [1.54, 1.807) is 11.8 Å². The van der Waals surface area contributed by atoms with Crippen LogP contribution in [0.3, 0.4) is 0 Å². The second-order valence-electron chi connectivity index (χ2n) is 4.58. The van der Waals surface area contributed by atoms with Crippen LogP contribution in [-0.4, -0.2) is 38.4 Å². The van der Waals surface area contributed by atoms with Crippen LogP contribution in [0.5, 0.6) is 0 Å². The molecule has 1 amide bonds. The van der Waals surface area contributed by atoms with Crippen molar-refractivity contribution in [3.8, 4) is 0 Å². The van der Waals surface area contributed by atoms with Crippen molar-refractivity contribution in [1.29, 1.82) is 0 Å². The molecular weight excluding hydrogens is 266 g/mol. The lowest BCUT2D eigenvalue weighted by Gasteiger charge is -2.19. The second-order valence-corrected chi connectivity index (χ2v) is 6.10. The first-order valence-electron chi connectivity index (χ1n) is 6.41. The fraction of sp³-hybridized carbons (Fsp3) is 0.750. The molecule has 100 valence electrons. The third kappa shape index (κ3) is 3.95. The highest BCUT2D eigenvalue weighted by molar-refractivity contribution is 7.99. The maximum absolute atomic E-state index is 12.0. The van der Waals surface area contributed by atoms with E-state index in [9.17, 15) is 4.79 Å². The highest BCUT2D eigenvalue weighted by atomic mass is 32.2. The van der Waals surface area contributed by atoms with Crippen LogP contribution in [0, 0.1) is 6.92 Å². The van der Waals surface area contributed by atoms with E-state index in [0.29, 0.717) is 5.75 Å². The maximum atomic E-state index is 12.0. The van der Waals surface area contributed by atoms with Crippen molar-refractivity contribution >= 4 is 29.4 Å². The van der Waals surface area contributed by atoms with Crippen LogP contribution < -0.4 is 0 Å². The monoisotopic (exact) mass is 285 g/mol. The van der Waals surface area contributed by atoms with Gasteiger partial charge in [0.25, 0.3) is 0 Å². The Kier molecular flexibility index (Phi) is 5.44. The molecule has 1 saturated heterocycles. The molecule has 4 nitrogen and oxygen atoms in total. The van der Waals surface area contributed by atoms with E-state index in [2.05, 4.69) is 8.75 Å². The van der Waals surface area contributed by atoms with Crippen molar-refractivity contribution < 1.29 is 4.79 Å². The first kappa shape index (κ1) is 13.8. The molecule has 0 atom stereocenters. The third-order valence-electron chi connectivity index (χ3n) is 3.17. The van der Waals surface area contributed by atoms with Gasteiger partial charge < -0.3 is 4.90 Å². The molecule has 0 unspecified atom stereocenters. The fourth-order valence-corrected chi connectivity index (χ4v) is 3.60. The lowest BCUT2D eigenvalue weighted by Crippen LogP contribution is -2.33. The number of hydrogen-bond acceptors (Lipinski definition) is 5. The predicted octanol–water partition coefficient (Wildman–Crippen LogP) is 2.48. The number of rotatable bonds is 4. The Balaban J connectivity index is 1.72. The smallest absolute Gasteiger partial charge is 0.232 e. The summed E-state index contributed by atoms with van der Waals surface area (Å²) in [6.07, 6.45) is 4.85. The number of thioether (sulfide) groups is 1. The molecule has 1 aliphatic heterocycles. The first-order valence-corrected chi connectivity index (χ1v) is 8.29. The summed E-state index contributed by atoms with van der Waals surface area (Å²) >= 11 is 2.89. The Labute approximate surface area is 116 Å². The van der Waals surface area contributed by atoms with Gasteiger partial charge in [0, 0.05) is 18.8 Å². The summed E-state index contributed by atoms with van der Waals surface area (Å²) in [7, 11) is 0. The van der Waals surface area contributed by atoms with Gasteiger partial charge in [0.15, 0.2) is 0 Å². The van der Waals surface area contributed by atoms with Crippen LogP contribution in [0.2, 0.25) is 0 Å². The van der Waals surface area contributed by atoms with Gasteiger partial charge in [-0.3, -0.25) is 4.79 Å². The van der Waals surface area contributed by atoms with Crippen molar-refractivity contribution in [3.05, 3.63) is 11.4 Å². The van der Waals surface area contributed by atoms with Gasteiger partial charge >= 0.3 is 0 Å². The Morgan fingerprint density at radius 2 is 2.00 bits per heavy atom. The van der Waals surface area contributed by atoms with Gasteiger partial charge in [-0.2, -0.15) is 8.75 Å². The number of carbonyl (C=O) groups excluding carboxylic acids is 1. The van der Waals surface area contributed by atoms with Gasteiger partial charge in [0.2, 0.25) is 5.91 Å². The standard InChI is InChI=1S/C12H19N3OS2/c1-10-11(14-18-13-10)8-17-9-12(16)15-6-4-2-3-5-7-15/h2-9H2,1H3. The minimum Gasteiger partial charge on any atom is -0.342 e. The molecule has 18 heavy (non-hydrogen) atoms. The number of aromatic nitrogens is 2. The van der Waals surface area contributed by atoms with Crippen molar-refractivity contribution in [2.45, 2.75) is 38.4 Å². The molecule has 1 aromatic rings. The molecule has 1 aliphatic rings. The Hall–Kier alpha value is -0.620. The van der Waals surface area contributed by atoms with Gasteiger partial charge in [-0.05, 0) is 19.8 Å². The van der Waals surface area contributed by atoms with Gasteiger partial charge in [0.1, 0.15) is 0 Å². The average molecular weight is 285 g/mol. The van der Waals surface area contributed by atoms with Crippen LogP contribution >= 0.6 is 23.5 Å². The SMILES string of the molecule is Cc1nsnc1CSCC(=O)N1CCCCCC1. The summed E-state index contributed by atoms with van der Waals surface area (Å²) in [4.78, 5) is 14.1. The summed E-state index contributed by atoms with van der Waals surface area (Å²) in [5.41, 5.74) is 2.02. The Bertz CT molecular complexity index is 386. The third-order valence-corrected chi connectivity index (χ3v) is 4.76. The molecule has 6 heteroatoms. The summed E-state index contributed by atoms with van der Waals surface area (Å²) in [5, 5.41) is 0. The van der Waals surface area contributed by atoms with E-state index in [1.807, 2.05) is 11.8 Å². The molecule has 0 aliphatic carbocycles. The summed E-state index contributed by atoms with van der Waals surface area (Å²) in [6, 6.07) is 0. The Morgan fingerprint density at radius 1 is 1.28 bits per heavy atom. The average Bonchev–Trinajstić information content (AvgIpc) is 2.64. The summed E-state index contributed by atoms with van der Waals surface area (Å²) in [6.45, 7) is 3.85. The molecule has 2 heterocycles. The van der Waals surface area contributed by atoms with Crippen molar-refractivity contribution in [2.24, 2.45) is 0 Å². The number of aryl methyl sites for hydroxylation is 1. The minimum absolute atomic E-state index is 0.280. The topological polar surface area (TPSA) is 46.1 Å². The predicted molar refractivity (Wildman–Crippen MR) is 75.9 cm³/mol. The van der Waals surface area contributed by atoms with E-state index >= 15 is 0 Å². The zero-order chi connectivity index (χ0) is 12.8. The van der Waals surface area contributed by atoms with E-state index in [4.69, 9.17) is 0 Å². The van der Waals surface area contributed by atoms with Crippen LogP contribution in [0.1, 0.15) is 37.1 Å². The normalized spacial score (nSPS) is 16.6. The van der Waals surface area contributed by atoms with Crippen molar-refractivity contribution in [3.63, 3.8) is 0 Å². The van der Waals surface area contributed by atoms with Crippen LogP contribution in [-0.2, 0) is 10.5 Å². The van der Waals surface area contributed by atoms with Gasteiger partial charge in [-0.15, -0.1) is 11.8 Å². The molecule has 0 radical (unpaired) electrons. The highest BCUT2D eigenvalue weighted by Gasteiger charge is 2.15. The Morgan fingerprint density at radius 3 is 2.61 bits per heavy atom. The molecule has 0 aromatic carbocycles. The molecule has 0 saturated carbocycles. The van der Waals surface area contributed by atoms with E-state index in [0.717, 1.165) is 43.1 Å². The van der Waals surface area contributed by atoms with Gasteiger partial charge in [0.05, 0.1) is 28.9 Å². The largest absolute Gasteiger partial charge is 0.342 e. The van der Waals surface area contributed by atoms with E-state index in [-0.39, 0.29) is 5.91 Å². The molecule has 0 spiro atoms. The quantitative estimate of drug-likeness (QED) is 0.852. The van der Waals surface area contributed by atoms with E-state index < -0.39 is 0 Å². The number of carbonyl (C=O) groups is 1. The van der Waals surface area contributed by atoms with Gasteiger partial charge in [-0.1, -0.05) is 12.8 Å². The first-order chi connectivity index (χ1) is 8.77. The van der Waals surface area contributed by atoms with Crippen molar-refractivity contribution in [1.82, 2.24) is 13.6 Å². The molecule has 1 fully saturated rings. The highest BCUT2D eigenvalue weighted by Crippen LogP contribution is 2.16. The lowest BCUT2D eigenvalue weighted by atomic mass is 10.2. The van der Waals surface area contributed by atoms with Gasteiger partial charge in [-0.25, -0.2) is 0 Å². The van der Waals surface area contributed by atoms with Crippen LogP contribution in [0.4, 0.5) is 0 Å².